The Bertz CT molecular complexity index is 415. The third kappa shape index (κ3) is 4.84. The normalized spacial score (nSPS) is 14.4. The molecule has 0 spiro atoms. The molecular formula is C15H21ClN2O. The zero-order valence-corrected chi connectivity index (χ0v) is 12.1. The maximum absolute atomic E-state index is 12.0. The summed E-state index contributed by atoms with van der Waals surface area (Å²) in [5.74, 6) is 0.925. The van der Waals surface area contributed by atoms with Gasteiger partial charge in [-0.05, 0) is 49.9 Å². The SMILES string of the molecule is CNCC(=O)N(CCc1ccc(Cl)cc1)CC1CC1. The first-order valence-corrected chi connectivity index (χ1v) is 7.23. The average Bonchev–Trinajstić information content (AvgIpc) is 3.20. The maximum atomic E-state index is 12.0. The molecule has 1 amide bonds. The molecule has 4 heteroatoms. The molecule has 19 heavy (non-hydrogen) atoms. The fraction of sp³-hybridized carbons (Fsp3) is 0.533. The summed E-state index contributed by atoms with van der Waals surface area (Å²) in [7, 11) is 1.81. The van der Waals surface area contributed by atoms with Crippen LogP contribution in [0.25, 0.3) is 0 Å². The molecule has 1 aromatic carbocycles. The van der Waals surface area contributed by atoms with Crippen LogP contribution in [0.2, 0.25) is 5.02 Å². The second kappa shape index (κ2) is 6.92. The second-order valence-corrected chi connectivity index (χ2v) is 5.63. The molecule has 1 N–H and O–H groups in total. The van der Waals surface area contributed by atoms with Crippen molar-refractivity contribution in [2.45, 2.75) is 19.3 Å². The number of nitrogens with zero attached hydrogens (tertiary/aromatic N) is 1. The van der Waals surface area contributed by atoms with Gasteiger partial charge in [0.2, 0.25) is 5.91 Å². The smallest absolute Gasteiger partial charge is 0.236 e. The van der Waals surface area contributed by atoms with Crippen LogP contribution in [0.4, 0.5) is 0 Å². The van der Waals surface area contributed by atoms with Crippen LogP contribution in [0.15, 0.2) is 24.3 Å². The van der Waals surface area contributed by atoms with E-state index < -0.39 is 0 Å². The summed E-state index contributed by atoms with van der Waals surface area (Å²) >= 11 is 5.87. The molecule has 1 fully saturated rings. The minimum absolute atomic E-state index is 0.198. The summed E-state index contributed by atoms with van der Waals surface area (Å²) in [5, 5.41) is 3.69. The van der Waals surface area contributed by atoms with Gasteiger partial charge in [-0.1, -0.05) is 23.7 Å². The van der Waals surface area contributed by atoms with Crippen LogP contribution in [0, 0.1) is 5.92 Å². The van der Waals surface area contributed by atoms with Crippen molar-refractivity contribution in [3.63, 3.8) is 0 Å². The van der Waals surface area contributed by atoms with E-state index in [0.29, 0.717) is 6.54 Å². The quantitative estimate of drug-likeness (QED) is 0.831. The van der Waals surface area contributed by atoms with E-state index in [-0.39, 0.29) is 5.91 Å². The number of hydrogen-bond acceptors (Lipinski definition) is 2. The van der Waals surface area contributed by atoms with Gasteiger partial charge in [-0.15, -0.1) is 0 Å². The van der Waals surface area contributed by atoms with Crippen molar-refractivity contribution in [3.05, 3.63) is 34.9 Å². The molecule has 1 saturated carbocycles. The Kier molecular flexibility index (Phi) is 5.23. The topological polar surface area (TPSA) is 32.3 Å². The van der Waals surface area contributed by atoms with Gasteiger partial charge in [0.15, 0.2) is 0 Å². The third-order valence-corrected chi connectivity index (χ3v) is 3.69. The molecular weight excluding hydrogens is 260 g/mol. The number of halogens is 1. The Morgan fingerprint density at radius 3 is 2.63 bits per heavy atom. The van der Waals surface area contributed by atoms with Crippen molar-refractivity contribution in [2.24, 2.45) is 5.92 Å². The van der Waals surface area contributed by atoms with Crippen molar-refractivity contribution < 1.29 is 4.79 Å². The molecule has 0 aromatic heterocycles. The highest BCUT2D eigenvalue weighted by atomic mass is 35.5. The minimum atomic E-state index is 0.198. The van der Waals surface area contributed by atoms with E-state index in [1.165, 1.54) is 18.4 Å². The molecule has 0 atom stereocenters. The van der Waals surface area contributed by atoms with E-state index in [2.05, 4.69) is 5.32 Å². The van der Waals surface area contributed by atoms with Gasteiger partial charge < -0.3 is 10.2 Å². The molecule has 0 aliphatic heterocycles. The van der Waals surface area contributed by atoms with Gasteiger partial charge in [0, 0.05) is 18.1 Å². The van der Waals surface area contributed by atoms with Gasteiger partial charge in [-0.2, -0.15) is 0 Å². The summed E-state index contributed by atoms with van der Waals surface area (Å²) in [5.41, 5.74) is 1.22. The van der Waals surface area contributed by atoms with Crippen LogP contribution < -0.4 is 5.32 Å². The summed E-state index contributed by atoms with van der Waals surface area (Å²) in [4.78, 5) is 14.0. The molecule has 1 aliphatic rings. The lowest BCUT2D eigenvalue weighted by molar-refractivity contribution is -0.130. The second-order valence-electron chi connectivity index (χ2n) is 5.19. The van der Waals surface area contributed by atoms with Crippen LogP contribution in [0.1, 0.15) is 18.4 Å². The number of nitrogens with one attached hydrogen (secondary N) is 1. The number of likely N-dealkylation sites (N-methyl/N-ethyl adjacent to an activating group) is 1. The fourth-order valence-electron chi connectivity index (χ4n) is 2.11. The maximum Gasteiger partial charge on any atom is 0.236 e. The van der Waals surface area contributed by atoms with Crippen LogP contribution in [0.5, 0.6) is 0 Å². The van der Waals surface area contributed by atoms with Crippen LogP contribution in [-0.4, -0.2) is 37.5 Å². The van der Waals surface area contributed by atoms with E-state index in [4.69, 9.17) is 11.6 Å². The lowest BCUT2D eigenvalue weighted by atomic mass is 10.1. The molecule has 0 saturated heterocycles. The Labute approximate surface area is 119 Å². The molecule has 104 valence electrons. The van der Waals surface area contributed by atoms with Crippen LogP contribution in [0.3, 0.4) is 0 Å². The number of benzene rings is 1. The van der Waals surface area contributed by atoms with Crippen molar-refractivity contribution in [1.82, 2.24) is 10.2 Å². The Hall–Kier alpha value is -1.06. The van der Waals surface area contributed by atoms with Crippen molar-refractivity contribution in [2.75, 3.05) is 26.7 Å². The fourth-order valence-corrected chi connectivity index (χ4v) is 2.23. The highest BCUT2D eigenvalue weighted by molar-refractivity contribution is 6.30. The van der Waals surface area contributed by atoms with E-state index >= 15 is 0 Å². The molecule has 0 radical (unpaired) electrons. The van der Waals surface area contributed by atoms with Gasteiger partial charge in [-0.3, -0.25) is 4.79 Å². The third-order valence-electron chi connectivity index (χ3n) is 3.44. The standard InChI is InChI=1S/C15H21ClN2O/c1-17-10-15(19)18(11-13-2-3-13)9-8-12-4-6-14(16)7-5-12/h4-7,13,17H,2-3,8-11H2,1H3. The summed E-state index contributed by atoms with van der Waals surface area (Å²) in [6.45, 7) is 2.13. The van der Waals surface area contributed by atoms with Crippen molar-refractivity contribution in [3.8, 4) is 0 Å². The Morgan fingerprint density at radius 2 is 2.05 bits per heavy atom. The van der Waals surface area contributed by atoms with Gasteiger partial charge in [-0.25, -0.2) is 0 Å². The number of carbonyl (C=O) groups excluding carboxylic acids is 1. The largest absolute Gasteiger partial charge is 0.341 e. The van der Waals surface area contributed by atoms with E-state index in [1.54, 1.807) is 0 Å². The Morgan fingerprint density at radius 1 is 1.37 bits per heavy atom. The molecule has 3 nitrogen and oxygen atoms in total. The first-order valence-electron chi connectivity index (χ1n) is 6.86. The summed E-state index contributed by atoms with van der Waals surface area (Å²) in [6.07, 6.45) is 3.42. The Balaban J connectivity index is 1.87. The predicted octanol–water partition coefficient (Wildman–Crippen LogP) is 2.34. The van der Waals surface area contributed by atoms with E-state index in [0.717, 1.165) is 30.5 Å². The first kappa shape index (κ1) is 14.4. The van der Waals surface area contributed by atoms with E-state index in [9.17, 15) is 4.79 Å². The van der Waals surface area contributed by atoms with Crippen molar-refractivity contribution in [1.29, 1.82) is 0 Å². The molecule has 0 bridgehead atoms. The molecule has 2 rings (SSSR count). The first-order chi connectivity index (χ1) is 9.19. The van der Waals surface area contributed by atoms with Gasteiger partial charge >= 0.3 is 0 Å². The van der Waals surface area contributed by atoms with E-state index in [1.807, 2.05) is 36.2 Å². The average molecular weight is 281 g/mol. The molecule has 0 heterocycles. The molecule has 1 aliphatic carbocycles. The lowest BCUT2D eigenvalue weighted by Crippen LogP contribution is -2.39. The summed E-state index contributed by atoms with van der Waals surface area (Å²) < 4.78 is 0. The zero-order chi connectivity index (χ0) is 13.7. The predicted molar refractivity (Wildman–Crippen MR) is 78.4 cm³/mol. The van der Waals surface area contributed by atoms with Gasteiger partial charge in [0.05, 0.1) is 6.54 Å². The molecule has 1 aromatic rings. The number of rotatable bonds is 7. The summed E-state index contributed by atoms with van der Waals surface area (Å²) in [6, 6.07) is 7.86. The van der Waals surface area contributed by atoms with Crippen LogP contribution >= 0.6 is 11.6 Å². The number of amides is 1. The van der Waals surface area contributed by atoms with Gasteiger partial charge in [0.1, 0.15) is 0 Å². The highest BCUT2D eigenvalue weighted by Gasteiger charge is 2.26. The van der Waals surface area contributed by atoms with Crippen molar-refractivity contribution >= 4 is 17.5 Å². The van der Waals surface area contributed by atoms with Gasteiger partial charge in [0.25, 0.3) is 0 Å². The highest BCUT2D eigenvalue weighted by Crippen LogP contribution is 2.29. The lowest BCUT2D eigenvalue weighted by Gasteiger charge is -2.22. The number of hydrogen-bond donors (Lipinski definition) is 1. The minimum Gasteiger partial charge on any atom is -0.341 e. The monoisotopic (exact) mass is 280 g/mol. The molecule has 0 unspecified atom stereocenters. The number of carbonyl (C=O) groups is 1. The zero-order valence-electron chi connectivity index (χ0n) is 11.4. The van der Waals surface area contributed by atoms with Crippen LogP contribution in [-0.2, 0) is 11.2 Å².